The Balaban J connectivity index is 1.95. The van der Waals surface area contributed by atoms with Gasteiger partial charge in [-0.1, -0.05) is 6.07 Å². The van der Waals surface area contributed by atoms with Gasteiger partial charge < -0.3 is 20.5 Å². The van der Waals surface area contributed by atoms with Crippen LogP contribution in [0.25, 0.3) is 0 Å². The van der Waals surface area contributed by atoms with E-state index in [1.54, 1.807) is 26.0 Å². The molecule has 1 aliphatic heterocycles. The zero-order chi connectivity index (χ0) is 16.6. The van der Waals surface area contributed by atoms with Crippen LogP contribution < -0.4 is 20.5 Å². The maximum Gasteiger partial charge on any atom is 0.271 e. The summed E-state index contributed by atoms with van der Waals surface area (Å²) in [6.07, 6.45) is 0. The van der Waals surface area contributed by atoms with Crippen molar-refractivity contribution in [1.82, 2.24) is 15.3 Å². The van der Waals surface area contributed by atoms with Crippen LogP contribution in [0.4, 0.5) is 0 Å². The van der Waals surface area contributed by atoms with Crippen molar-refractivity contribution in [3.8, 4) is 11.6 Å². The van der Waals surface area contributed by atoms with Gasteiger partial charge in [0.15, 0.2) is 11.5 Å². The standard InChI is InChI=1S/C14H14N4O4S/c1-14(2,18-11(20)7-4-3-5-23-7)13-16-8(10(15)19)9-12(17-13)22-6-21-9/h3-5H,6H2,1-2H3,(H2,15,19)(H,18,20). The van der Waals surface area contributed by atoms with Crippen molar-refractivity contribution in [2.75, 3.05) is 6.79 Å². The molecule has 3 N–H and O–H groups in total. The monoisotopic (exact) mass is 334 g/mol. The zero-order valence-corrected chi connectivity index (χ0v) is 13.3. The minimum Gasteiger partial charge on any atom is -0.449 e. The molecule has 8 nitrogen and oxygen atoms in total. The van der Waals surface area contributed by atoms with Crippen LogP contribution in [0.1, 0.15) is 39.8 Å². The van der Waals surface area contributed by atoms with E-state index in [2.05, 4.69) is 15.3 Å². The molecule has 0 bridgehead atoms. The predicted molar refractivity (Wildman–Crippen MR) is 81.5 cm³/mol. The number of carbonyl (C=O) groups is 2. The van der Waals surface area contributed by atoms with Gasteiger partial charge in [-0.3, -0.25) is 9.59 Å². The molecule has 3 heterocycles. The number of ether oxygens (including phenoxy) is 2. The Kier molecular flexibility index (Phi) is 3.64. The van der Waals surface area contributed by atoms with Gasteiger partial charge in [0.25, 0.3) is 17.7 Å². The van der Waals surface area contributed by atoms with Gasteiger partial charge in [-0.05, 0) is 25.3 Å². The maximum atomic E-state index is 12.2. The highest BCUT2D eigenvalue weighted by molar-refractivity contribution is 7.12. The highest BCUT2D eigenvalue weighted by atomic mass is 32.1. The summed E-state index contributed by atoms with van der Waals surface area (Å²) in [7, 11) is 0. The number of nitrogens with two attached hydrogens (primary N) is 1. The molecule has 0 aliphatic carbocycles. The first-order valence-corrected chi connectivity index (χ1v) is 7.60. The van der Waals surface area contributed by atoms with Gasteiger partial charge in [0.1, 0.15) is 0 Å². The fraction of sp³-hybridized carbons (Fsp3) is 0.286. The van der Waals surface area contributed by atoms with E-state index < -0.39 is 11.4 Å². The first kappa shape index (κ1) is 15.2. The van der Waals surface area contributed by atoms with E-state index in [4.69, 9.17) is 15.2 Å². The Bertz CT molecular complexity index is 773. The van der Waals surface area contributed by atoms with Crippen LogP contribution in [-0.2, 0) is 5.54 Å². The summed E-state index contributed by atoms with van der Waals surface area (Å²) in [5, 5.41) is 4.64. The van der Waals surface area contributed by atoms with E-state index in [9.17, 15) is 9.59 Å². The molecular weight excluding hydrogens is 320 g/mol. The summed E-state index contributed by atoms with van der Waals surface area (Å²) in [5.41, 5.74) is 4.32. The van der Waals surface area contributed by atoms with E-state index >= 15 is 0 Å². The second-order valence-corrected chi connectivity index (χ2v) is 6.30. The topological polar surface area (TPSA) is 116 Å². The molecule has 9 heteroatoms. The average Bonchev–Trinajstić information content (AvgIpc) is 3.16. The number of thiophene rings is 1. The lowest BCUT2D eigenvalue weighted by atomic mass is 10.0. The normalized spacial score (nSPS) is 13.0. The Morgan fingerprint density at radius 3 is 2.78 bits per heavy atom. The van der Waals surface area contributed by atoms with Crippen molar-refractivity contribution in [1.29, 1.82) is 0 Å². The summed E-state index contributed by atoms with van der Waals surface area (Å²) in [5.74, 6) is -0.535. The first-order valence-electron chi connectivity index (χ1n) is 6.72. The van der Waals surface area contributed by atoms with Gasteiger partial charge in [0.2, 0.25) is 12.5 Å². The Labute approximate surface area is 135 Å². The number of hydrogen-bond acceptors (Lipinski definition) is 7. The van der Waals surface area contributed by atoms with E-state index in [1.807, 2.05) is 5.38 Å². The molecule has 0 unspecified atom stereocenters. The van der Waals surface area contributed by atoms with Gasteiger partial charge in [-0.2, -0.15) is 4.98 Å². The van der Waals surface area contributed by atoms with E-state index in [0.29, 0.717) is 4.88 Å². The number of fused-ring (bicyclic) bond motifs is 1. The molecule has 2 aromatic heterocycles. The Morgan fingerprint density at radius 1 is 1.35 bits per heavy atom. The summed E-state index contributed by atoms with van der Waals surface area (Å²) in [6.45, 7) is 3.39. The van der Waals surface area contributed by atoms with Crippen molar-refractivity contribution in [2.24, 2.45) is 5.73 Å². The summed E-state index contributed by atoms with van der Waals surface area (Å²) in [4.78, 5) is 32.7. The van der Waals surface area contributed by atoms with Crippen molar-refractivity contribution in [2.45, 2.75) is 19.4 Å². The van der Waals surface area contributed by atoms with Crippen LogP contribution in [0.15, 0.2) is 17.5 Å². The lowest BCUT2D eigenvalue weighted by Gasteiger charge is -2.24. The second-order valence-electron chi connectivity index (χ2n) is 5.36. The second kappa shape index (κ2) is 5.51. The van der Waals surface area contributed by atoms with Crippen molar-refractivity contribution in [3.63, 3.8) is 0 Å². The summed E-state index contributed by atoms with van der Waals surface area (Å²) >= 11 is 1.32. The number of nitrogens with one attached hydrogen (secondary N) is 1. The van der Waals surface area contributed by atoms with Gasteiger partial charge in [-0.25, -0.2) is 4.98 Å². The maximum absolute atomic E-state index is 12.2. The third kappa shape index (κ3) is 2.82. The van der Waals surface area contributed by atoms with Crippen LogP contribution in [0, 0.1) is 0 Å². The fourth-order valence-electron chi connectivity index (χ4n) is 2.06. The quantitative estimate of drug-likeness (QED) is 0.862. The smallest absolute Gasteiger partial charge is 0.271 e. The third-order valence-electron chi connectivity index (χ3n) is 3.20. The highest BCUT2D eigenvalue weighted by Gasteiger charge is 2.33. The molecule has 0 radical (unpaired) electrons. The third-order valence-corrected chi connectivity index (χ3v) is 4.07. The number of amides is 2. The molecule has 0 spiro atoms. The Morgan fingerprint density at radius 2 is 2.13 bits per heavy atom. The van der Waals surface area contributed by atoms with Crippen molar-refractivity contribution in [3.05, 3.63) is 33.9 Å². The van der Waals surface area contributed by atoms with Gasteiger partial charge in [0, 0.05) is 0 Å². The van der Waals surface area contributed by atoms with Crippen LogP contribution in [0.5, 0.6) is 11.6 Å². The minimum atomic E-state index is -0.938. The summed E-state index contributed by atoms with van der Waals surface area (Å²) in [6, 6.07) is 3.50. The largest absolute Gasteiger partial charge is 0.449 e. The number of rotatable bonds is 4. The first-order chi connectivity index (χ1) is 10.9. The SMILES string of the molecule is CC(C)(NC(=O)c1cccs1)c1nc2c(c(C(N)=O)n1)OCO2. The van der Waals surface area contributed by atoms with Gasteiger partial charge in [0.05, 0.1) is 10.4 Å². The number of primary amides is 1. The average molecular weight is 334 g/mol. The van der Waals surface area contributed by atoms with E-state index in [1.165, 1.54) is 11.3 Å². The molecule has 2 amide bonds. The number of nitrogens with zero attached hydrogens (tertiary/aromatic N) is 2. The van der Waals surface area contributed by atoms with Crippen LogP contribution in [0.2, 0.25) is 0 Å². The lowest BCUT2D eigenvalue weighted by molar-refractivity contribution is 0.0912. The van der Waals surface area contributed by atoms with Gasteiger partial charge in [-0.15, -0.1) is 11.3 Å². The van der Waals surface area contributed by atoms with Crippen LogP contribution in [-0.4, -0.2) is 28.6 Å². The van der Waals surface area contributed by atoms with Crippen molar-refractivity contribution >= 4 is 23.2 Å². The molecule has 2 aromatic rings. The lowest BCUT2D eigenvalue weighted by Crippen LogP contribution is -2.42. The summed E-state index contributed by atoms with van der Waals surface area (Å²) < 4.78 is 10.4. The molecule has 120 valence electrons. The molecule has 3 rings (SSSR count). The Hall–Kier alpha value is -2.68. The van der Waals surface area contributed by atoms with Crippen LogP contribution in [0.3, 0.4) is 0 Å². The molecule has 0 saturated carbocycles. The highest BCUT2D eigenvalue weighted by Crippen LogP contribution is 2.34. The molecule has 23 heavy (non-hydrogen) atoms. The van der Waals surface area contributed by atoms with E-state index in [-0.39, 0.29) is 35.8 Å². The number of carbonyl (C=O) groups excluding carboxylic acids is 2. The zero-order valence-electron chi connectivity index (χ0n) is 12.5. The molecule has 0 fully saturated rings. The van der Waals surface area contributed by atoms with Crippen molar-refractivity contribution < 1.29 is 19.1 Å². The molecule has 1 aliphatic rings. The molecule has 0 saturated heterocycles. The molecular formula is C14H14N4O4S. The fourth-order valence-corrected chi connectivity index (χ4v) is 2.68. The van der Waals surface area contributed by atoms with Crippen LogP contribution >= 0.6 is 11.3 Å². The van der Waals surface area contributed by atoms with E-state index in [0.717, 1.165) is 0 Å². The number of hydrogen-bond donors (Lipinski definition) is 2. The predicted octanol–water partition coefficient (Wildman–Crippen LogP) is 1.03. The molecule has 0 atom stereocenters. The minimum absolute atomic E-state index is 0.0598. The van der Waals surface area contributed by atoms with Gasteiger partial charge >= 0.3 is 0 Å². The molecule has 0 aromatic carbocycles. The number of aromatic nitrogens is 2.